The molecule has 4 rings (SSSR count). The van der Waals surface area contributed by atoms with Crippen LogP contribution in [0.4, 0.5) is 5.69 Å². The van der Waals surface area contributed by atoms with Gasteiger partial charge in [-0.25, -0.2) is 0 Å². The van der Waals surface area contributed by atoms with Gasteiger partial charge in [-0.1, -0.05) is 35.9 Å². The first-order valence-corrected chi connectivity index (χ1v) is 10.4. The van der Waals surface area contributed by atoms with E-state index in [9.17, 15) is 9.59 Å². The van der Waals surface area contributed by atoms with Crippen molar-refractivity contribution in [2.24, 2.45) is 0 Å². The molecule has 0 radical (unpaired) electrons. The van der Waals surface area contributed by atoms with Gasteiger partial charge in [0.05, 0.1) is 6.04 Å². The molecule has 2 amide bonds. The van der Waals surface area contributed by atoms with E-state index in [4.69, 9.17) is 16.3 Å². The van der Waals surface area contributed by atoms with Crippen LogP contribution in [0.2, 0.25) is 5.02 Å². The van der Waals surface area contributed by atoms with Crippen LogP contribution >= 0.6 is 22.9 Å². The molecular formula is C22H19ClN2O3S. The number of nitrogens with zero attached hydrogens (tertiary/aromatic N) is 1. The highest BCUT2D eigenvalue weighted by atomic mass is 35.5. The average Bonchev–Trinajstić information content (AvgIpc) is 3.19. The van der Waals surface area contributed by atoms with E-state index in [1.807, 2.05) is 35.7 Å². The summed E-state index contributed by atoms with van der Waals surface area (Å²) in [7, 11) is 0. The standard InChI is InChI=1S/C22H19ClN2O3S/c1-14(28-16-6-3-2-4-7-16)22(27)25-13-20(26)24-18-10-9-15(23)12-17(18)21(25)19-8-5-11-29-19/h2-12,14,21H,13H2,1H3,(H,24,26). The molecule has 1 N–H and O–H groups in total. The normalized spacial score (nSPS) is 17.1. The van der Waals surface area contributed by atoms with E-state index < -0.39 is 12.1 Å². The number of halogens is 1. The summed E-state index contributed by atoms with van der Waals surface area (Å²) in [4.78, 5) is 28.5. The van der Waals surface area contributed by atoms with E-state index in [1.54, 1.807) is 42.2 Å². The fraction of sp³-hybridized carbons (Fsp3) is 0.182. The third-order valence-electron chi connectivity index (χ3n) is 4.71. The lowest BCUT2D eigenvalue weighted by Gasteiger charge is -2.31. The molecule has 0 spiro atoms. The fourth-order valence-corrected chi connectivity index (χ4v) is 4.46. The van der Waals surface area contributed by atoms with E-state index >= 15 is 0 Å². The molecule has 7 heteroatoms. The molecule has 0 saturated carbocycles. The molecule has 5 nitrogen and oxygen atoms in total. The molecule has 0 bridgehead atoms. The molecule has 2 atom stereocenters. The van der Waals surface area contributed by atoms with Crippen LogP contribution in [0.3, 0.4) is 0 Å². The molecule has 2 aromatic carbocycles. The van der Waals surface area contributed by atoms with Crippen molar-refractivity contribution in [2.45, 2.75) is 19.1 Å². The molecule has 1 aliphatic rings. The molecule has 29 heavy (non-hydrogen) atoms. The van der Waals surface area contributed by atoms with Crippen LogP contribution in [-0.4, -0.2) is 29.4 Å². The monoisotopic (exact) mass is 426 g/mol. The van der Waals surface area contributed by atoms with Gasteiger partial charge in [0.2, 0.25) is 5.91 Å². The number of ether oxygens (including phenoxy) is 1. The lowest BCUT2D eigenvalue weighted by atomic mass is 10.0. The maximum Gasteiger partial charge on any atom is 0.264 e. The van der Waals surface area contributed by atoms with Gasteiger partial charge in [0, 0.05) is 21.2 Å². The van der Waals surface area contributed by atoms with Crippen molar-refractivity contribution in [3.8, 4) is 5.75 Å². The predicted molar refractivity (Wildman–Crippen MR) is 114 cm³/mol. The Balaban J connectivity index is 1.73. The van der Waals surface area contributed by atoms with Crippen molar-refractivity contribution < 1.29 is 14.3 Å². The molecule has 3 aromatic rings. The number of rotatable bonds is 4. The summed E-state index contributed by atoms with van der Waals surface area (Å²) in [5.41, 5.74) is 1.44. The van der Waals surface area contributed by atoms with Crippen molar-refractivity contribution >= 4 is 40.4 Å². The fourth-order valence-electron chi connectivity index (χ4n) is 3.42. The first-order chi connectivity index (χ1) is 14.0. The van der Waals surface area contributed by atoms with Gasteiger partial charge < -0.3 is 15.0 Å². The smallest absolute Gasteiger partial charge is 0.264 e. The number of nitrogens with one attached hydrogen (secondary N) is 1. The summed E-state index contributed by atoms with van der Waals surface area (Å²) in [6.07, 6.45) is -0.756. The Morgan fingerprint density at radius 3 is 2.72 bits per heavy atom. The zero-order chi connectivity index (χ0) is 20.4. The van der Waals surface area contributed by atoms with E-state index in [0.717, 1.165) is 10.4 Å². The average molecular weight is 427 g/mol. The molecule has 0 aliphatic carbocycles. The Bertz CT molecular complexity index is 1020. The summed E-state index contributed by atoms with van der Waals surface area (Å²) in [6, 6.07) is 17.9. The first kappa shape index (κ1) is 19.5. The summed E-state index contributed by atoms with van der Waals surface area (Å²) < 4.78 is 5.84. The molecule has 0 saturated heterocycles. The summed E-state index contributed by atoms with van der Waals surface area (Å²) in [5, 5.41) is 5.38. The number of benzene rings is 2. The first-order valence-electron chi connectivity index (χ1n) is 9.18. The van der Waals surface area contributed by atoms with E-state index in [0.29, 0.717) is 16.5 Å². The van der Waals surface area contributed by atoms with Crippen molar-refractivity contribution in [2.75, 3.05) is 11.9 Å². The highest BCUT2D eigenvalue weighted by molar-refractivity contribution is 7.10. The van der Waals surface area contributed by atoms with Gasteiger partial charge in [-0.15, -0.1) is 11.3 Å². The van der Waals surface area contributed by atoms with E-state index in [-0.39, 0.29) is 18.4 Å². The number of anilines is 1. The van der Waals surface area contributed by atoms with Crippen LogP contribution in [-0.2, 0) is 9.59 Å². The van der Waals surface area contributed by atoms with Crippen molar-refractivity contribution in [3.05, 3.63) is 81.5 Å². The zero-order valence-corrected chi connectivity index (χ0v) is 17.2. The van der Waals surface area contributed by atoms with Gasteiger partial charge in [-0.3, -0.25) is 9.59 Å². The summed E-state index contributed by atoms with van der Waals surface area (Å²) >= 11 is 7.78. The van der Waals surface area contributed by atoms with Gasteiger partial charge in [0.15, 0.2) is 6.10 Å². The van der Waals surface area contributed by atoms with Gasteiger partial charge in [-0.2, -0.15) is 0 Å². The van der Waals surface area contributed by atoms with Gasteiger partial charge >= 0.3 is 0 Å². The van der Waals surface area contributed by atoms with Gasteiger partial charge in [0.1, 0.15) is 12.3 Å². The van der Waals surface area contributed by atoms with Crippen LogP contribution in [0.5, 0.6) is 5.75 Å². The third kappa shape index (κ3) is 4.13. The second-order valence-corrected chi connectivity index (χ2v) is 8.15. The number of carbonyl (C=O) groups is 2. The highest BCUT2D eigenvalue weighted by Gasteiger charge is 2.36. The van der Waals surface area contributed by atoms with Crippen molar-refractivity contribution in [1.82, 2.24) is 4.90 Å². The lowest BCUT2D eigenvalue weighted by Crippen LogP contribution is -2.45. The van der Waals surface area contributed by atoms with Crippen LogP contribution in [0, 0.1) is 0 Å². The SMILES string of the molecule is CC(Oc1ccccc1)C(=O)N1CC(=O)Nc2ccc(Cl)cc2C1c1cccs1. The second kappa shape index (κ2) is 8.27. The van der Waals surface area contributed by atoms with E-state index in [1.165, 1.54) is 11.3 Å². The number of para-hydroxylation sites is 1. The maximum atomic E-state index is 13.4. The molecule has 0 fully saturated rings. The maximum absolute atomic E-state index is 13.4. The highest BCUT2D eigenvalue weighted by Crippen LogP contribution is 2.39. The molecule has 148 valence electrons. The number of hydrogen-bond donors (Lipinski definition) is 1. The third-order valence-corrected chi connectivity index (χ3v) is 5.87. The minimum atomic E-state index is -0.756. The van der Waals surface area contributed by atoms with Gasteiger partial charge in [-0.05, 0) is 48.7 Å². The largest absolute Gasteiger partial charge is 0.481 e. The number of carbonyl (C=O) groups excluding carboxylic acids is 2. The number of fused-ring (bicyclic) bond motifs is 1. The zero-order valence-electron chi connectivity index (χ0n) is 15.7. The van der Waals surface area contributed by atoms with Crippen LogP contribution < -0.4 is 10.1 Å². The Labute approximate surface area is 177 Å². The minimum absolute atomic E-state index is 0.0732. The van der Waals surface area contributed by atoms with Crippen molar-refractivity contribution in [3.63, 3.8) is 0 Å². The summed E-state index contributed by atoms with van der Waals surface area (Å²) in [5.74, 6) is 0.0758. The van der Waals surface area contributed by atoms with E-state index in [2.05, 4.69) is 5.32 Å². The van der Waals surface area contributed by atoms with Crippen LogP contribution in [0.15, 0.2) is 66.0 Å². The topological polar surface area (TPSA) is 58.6 Å². The minimum Gasteiger partial charge on any atom is -0.481 e. The molecule has 2 heterocycles. The van der Waals surface area contributed by atoms with Gasteiger partial charge in [0.25, 0.3) is 5.91 Å². The molecule has 1 aromatic heterocycles. The quantitative estimate of drug-likeness (QED) is 0.655. The second-order valence-electron chi connectivity index (χ2n) is 6.74. The Morgan fingerprint density at radius 2 is 2.00 bits per heavy atom. The number of thiophene rings is 1. The molecule has 2 unspecified atom stereocenters. The number of hydrogen-bond acceptors (Lipinski definition) is 4. The molecular weight excluding hydrogens is 408 g/mol. The molecule has 1 aliphatic heterocycles. The Kier molecular flexibility index (Phi) is 5.56. The van der Waals surface area contributed by atoms with Crippen LogP contribution in [0.25, 0.3) is 0 Å². The number of amides is 2. The van der Waals surface area contributed by atoms with Crippen LogP contribution in [0.1, 0.15) is 23.4 Å². The van der Waals surface area contributed by atoms with Crippen molar-refractivity contribution in [1.29, 1.82) is 0 Å². The Hall–Kier alpha value is -2.83. The Morgan fingerprint density at radius 1 is 1.21 bits per heavy atom. The summed E-state index contributed by atoms with van der Waals surface area (Å²) in [6.45, 7) is 1.62. The predicted octanol–water partition coefficient (Wildman–Crippen LogP) is 4.74. The lowest BCUT2D eigenvalue weighted by molar-refractivity contribution is -0.142.